The Hall–Kier alpha value is -1.22. The topological polar surface area (TPSA) is 30.5 Å². The number of rotatable bonds is 3. The van der Waals surface area contributed by atoms with Gasteiger partial charge in [-0.05, 0) is 36.0 Å². The van der Waals surface area contributed by atoms with Crippen molar-refractivity contribution in [3.63, 3.8) is 0 Å². The van der Waals surface area contributed by atoms with Crippen molar-refractivity contribution >= 4 is 5.69 Å². The third-order valence-electron chi connectivity index (χ3n) is 3.65. The molecule has 1 aromatic rings. The number of anilines is 1. The molecule has 1 aromatic carbocycles. The van der Waals surface area contributed by atoms with Crippen molar-refractivity contribution in [3.05, 3.63) is 23.8 Å². The quantitative estimate of drug-likeness (QED) is 0.904. The standard InChI is InChI=1S/C16H25NO2/c1-16(2,3)12-5-6-15(18-4)14(11-12)17-13-7-9-19-10-8-13/h5-6,11,13,17H,7-10H2,1-4H3. The van der Waals surface area contributed by atoms with E-state index in [9.17, 15) is 0 Å². The van der Waals surface area contributed by atoms with E-state index in [1.165, 1.54) is 5.56 Å². The second kappa shape index (κ2) is 5.83. The van der Waals surface area contributed by atoms with Crippen LogP contribution in [-0.4, -0.2) is 26.4 Å². The first-order chi connectivity index (χ1) is 9.00. The molecule has 1 aliphatic heterocycles. The van der Waals surface area contributed by atoms with Crippen LogP contribution in [0.25, 0.3) is 0 Å². The molecule has 1 heterocycles. The third kappa shape index (κ3) is 3.63. The van der Waals surface area contributed by atoms with Crippen LogP contribution in [0.5, 0.6) is 5.75 Å². The lowest BCUT2D eigenvalue weighted by Crippen LogP contribution is -2.28. The van der Waals surface area contributed by atoms with Crippen LogP contribution in [-0.2, 0) is 10.2 Å². The van der Waals surface area contributed by atoms with Gasteiger partial charge in [0.1, 0.15) is 5.75 Å². The van der Waals surface area contributed by atoms with E-state index in [4.69, 9.17) is 9.47 Å². The van der Waals surface area contributed by atoms with Gasteiger partial charge in [0, 0.05) is 19.3 Å². The Balaban J connectivity index is 2.20. The van der Waals surface area contributed by atoms with Gasteiger partial charge < -0.3 is 14.8 Å². The lowest BCUT2D eigenvalue weighted by Gasteiger charge is -2.27. The van der Waals surface area contributed by atoms with Crippen molar-refractivity contribution in [2.45, 2.75) is 45.1 Å². The summed E-state index contributed by atoms with van der Waals surface area (Å²) in [6.07, 6.45) is 2.12. The predicted octanol–water partition coefficient (Wildman–Crippen LogP) is 3.58. The molecule has 0 amide bonds. The number of ether oxygens (including phenoxy) is 2. The molecule has 1 aliphatic rings. The number of methoxy groups -OCH3 is 1. The molecule has 0 aliphatic carbocycles. The summed E-state index contributed by atoms with van der Waals surface area (Å²) < 4.78 is 10.9. The molecule has 1 saturated heterocycles. The van der Waals surface area contributed by atoms with Crippen molar-refractivity contribution in [3.8, 4) is 5.75 Å². The predicted molar refractivity (Wildman–Crippen MR) is 79.2 cm³/mol. The summed E-state index contributed by atoms with van der Waals surface area (Å²) in [6.45, 7) is 8.38. The van der Waals surface area contributed by atoms with Crippen molar-refractivity contribution in [2.24, 2.45) is 0 Å². The molecular weight excluding hydrogens is 238 g/mol. The van der Waals surface area contributed by atoms with E-state index in [1.807, 2.05) is 0 Å². The number of nitrogens with one attached hydrogen (secondary N) is 1. The van der Waals surface area contributed by atoms with E-state index in [-0.39, 0.29) is 5.41 Å². The Bertz CT molecular complexity index is 417. The van der Waals surface area contributed by atoms with Crippen LogP contribution < -0.4 is 10.1 Å². The van der Waals surface area contributed by atoms with Crippen LogP contribution in [0.3, 0.4) is 0 Å². The summed E-state index contributed by atoms with van der Waals surface area (Å²) in [5.41, 5.74) is 2.57. The number of hydrogen-bond donors (Lipinski definition) is 1. The minimum absolute atomic E-state index is 0.151. The average Bonchev–Trinajstić information content (AvgIpc) is 2.39. The Labute approximate surface area is 116 Å². The molecule has 0 radical (unpaired) electrons. The van der Waals surface area contributed by atoms with Crippen LogP contribution in [0.4, 0.5) is 5.69 Å². The van der Waals surface area contributed by atoms with Gasteiger partial charge in [-0.3, -0.25) is 0 Å². The van der Waals surface area contributed by atoms with E-state index >= 15 is 0 Å². The van der Waals surface area contributed by atoms with Gasteiger partial charge in [0.15, 0.2) is 0 Å². The summed E-state index contributed by atoms with van der Waals surface area (Å²) in [5.74, 6) is 0.916. The van der Waals surface area contributed by atoms with Crippen LogP contribution in [0, 0.1) is 0 Å². The Morgan fingerprint density at radius 1 is 1.21 bits per heavy atom. The zero-order valence-electron chi connectivity index (χ0n) is 12.5. The zero-order valence-corrected chi connectivity index (χ0v) is 12.5. The molecule has 2 rings (SSSR count). The fourth-order valence-electron chi connectivity index (χ4n) is 2.35. The minimum atomic E-state index is 0.151. The Morgan fingerprint density at radius 2 is 1.89 bits per heavy atom. The summed E-state index contributed by atoms with van der Waals surface area (Å²) in [5, 5.41) is 3.61. The van der Waals surface area contributed by atoms with E-state index < -0.39 is 0 Å². The molecule has 0 saturated carbocycles. The van der Waals surface area contributed by atoms with Crippen molar-refractivity contribution < 1.29 is 9.47 Å². The van der Waals surface area contributed by atoms with E-state index in [0.29, 0.717) is 6.04 Å². The van der Waals surface area contributed by atoms with Gasteiger partial charge in [0.2, 0.25) is 0 Å². The highest BCUT2D eigenvalue weighted by atomic mass is 16.5. The summed E-state index contributed by atoms with van der Waals surface area (Å²) in [7, 11) is 1.72. The molecule has 0 atom stereocenters. The Morgan fingerprint density at radius 3 is 2.47 bits per heavy atom. The van der Waals surface area contributed by atoms with Crippen LogP contribution >= 0.6 is 0 Å². The molecular formula is C16H25NO2. The smallest absolute Gasteiger partial charge is 0.141 e. The summed E-state index contributed by atoms with van der Waals surface area (Å²) >= 11 is 0. The lowest BCUT2D eigenvalue weighted by molar-refractivity contribution is 0.0904. The van der Waals surface area contributed by atoms with Gasteiger partial charge in [0.25, 0.3) is 0 Å². The normalized spacial score (nSPS) is 17.3. The zero-order chi connectivity index (χ0) is 13.9. The number of hydrogen-bond acceptors (Lipinski definition) is 3. The second-order valence-electron chi connectivity index (χ2n) is 6.20. The monoisotopic (exact) mass is 263 g/mol. The molecule has 1 fully saturated rings. The highest BCUT2D eigenvalue weighted by Gasteiger charge is 2.19. The summed E-state index contributed by atoms with van der Waals surface area (Å²) in [6, 6.07) is 6.91. The van der Waals surface area contributed by atoms with Crippen LogP contribution in [0.1, 0.15) is 39.2 Å². The molecule has 19 heavy (non-hydrogen) atoms. The van der Waals surface area contributed by atoms with Crippen LogP contribution in [0.2, 0.25) is 0 Å². The van der Waals surface area contributed by atoms with Gasteiger partial charge in [-0.25, -0.2) is 0 Å². The highest BCUT2D eigenvalue weighted by Crippen LogP contribution is 2.32. The maximum Gasteiger partial charge on any atom is 0.141 e. The first-order valence-electron chi connectivity index (χ1n) is 7.03. The van der Waals surface area contributed by atoms with Crippen LogP contribution in [0.15, 0.2) is 18.2 Å². The molecule has 0 aromatic heterocycles. The fourth-order valence-corrected chi connectivity index (χ4v) is 2.35. The molecule has 3 nitrogen and oxygen atoms in total. The van der Waals surface area contributed by atoms with Gasteiger partial charge in [0.05, 0.1) is 12.8 Å². The summed E-state index contributed by atoms with van der Waals surface area (Å²) in [4.78, 5) is 0. The first-order valence-corrected chi connectivity index (χ1v) is 7.03. The Kier molecular flexibility index (Phi) is 4.35. The molecule has 106 valence electrons. The fraction of sp³-hybridized carbons (Fsp3) is 0.625. The van der Waals surface area contributed by atoms with Crippen molar-refractivity contribution in [2.75, 3.05) is 25.6 Å². The minimum Gasteiger partial charge on any atom is -0.495 e. The maximum atomic E-state index is 5.46. The first kappa shape index (κ1) is 14.2. The molecule has 0 bridgehead atoms. The van der Waals surface area contributed by atoms with E-state index in [1.54, 1.807) is 7.11 Å². The van der Waals surface area contributed by atoms with Gasteiger partial charge in [-0.2, -0.15) is 0 Å². The lowest BCUT2D eigenvalue weighted by atomic mass is 9.86. The van der Waals surface area contributed by atoms with Crippen molar-refractivity contribution in [1.82, 2.24) is 0 Å². The maximum absolute atomic E-state index is 5.46. The number of benzene rings is 1. The van der Waals surface area contributed by atoms with Crippen molar-refractivity contribution in [1.29, 1.82) is 0 Å². The van der Waals surface area contributed by atoms with Gasteiger partial charge >= 0.3 is 0 Å². The van der Waals surface area contributed by atoms with Gasteiger partial charge in [-0.1, -0.05) is 26.8 Å². The second-order valence-corrected chi connectivity index (χ2v) is 6.20. The van der Waals surface area contributed by atoms with E-state index in [0.717, 1.165) is 37.5 Å². The largest absolute Gasteiger partial charge is 0.495 e. The highest BCUT2D eigenvalue weighted by molar-refractivity contribution is 5.59. The third-order valence-corrected chi connectivity index (χ3v) is 3.65. The van der Waals surface area contributed by atoms with Gasteiger partial charge in [-0.15, -0.1) is 0 Å². The molecule has 1 N–H and O–H groups in total. The SMILES string of the molecule is COc1ccc(C(C)(C)C)cc1NC1CCOCC1. The molecule has 3 heteroatoms. The van der Waals surface area contributed by atoms with E-state index in [2.05, 4.69) is 44.3 Å². The molecule has 0 unspecified atom stereocenters. The average molecular weight is 263 g/mol. The molecule has 0 spiro atoms.